The lowest BCUT2D eigenvalue weighted by Gasteiger charge is -2.09. The minimum atomic E-state index is -1.18. The monoisotopic (exact) mass is 305 g/mol. The molecule has 1 heterocycles. The Labute approximate surface area is 125 Å². The molecule has 22 heavy (non-hydrogen) atoms. The normalized spacial score (nSPS) is 13.9. The lowest BCUT2D eigenvalue weighted by atomic mass is 10.1. The Bertz CT molecular complexity index is 729. The molecule has 2 aromatic rings. The molecule has 0 saturated heterocycles. The molecule has 1 aromatic carbocycles. The number of carboxylic acids is 1. The van der Waals surface area contributed by atoms with Gasteiger partial charge in [0.1, 0.15) is 5.56 Å². The summed E-state index contributed by atoms with van der Waals surface area (Å²) in [7, 11) is 0. The van der Waals surface area contributed by atoms with Gasteiger partial charge in [-0.25, -0.2) is 18.6 Å². The van der Waals surface area contributed by atoms with E-state index < -0.39 is 17.6 Å². The minimum Gasteiger partial charge on any atom is -0.477 e. The van der Waals surface area contributed by atoms with Crippen LogP contribution in [0.25, 0.3) is 11.1 Å². The highest BCUT2D eigenvalue weighted by atomic mass is 19.2. The van der Waals surface area contributed by atoms with Gasteiger partial charge >= 0.3 is 5.97 Å². The molecule has 1 aliphatic rings. The van der Waals surface area contributed by atoms with Crippen LogP contribution in [0.15, 0.2) is 30.5 Å². The highest BCUT2D eigenvalue weighted by Crippen LogP contribution is 2.31. The summed E-state index contributed by atoms with van der Waals surface area (Å²) in [5, 5.41) is 9.26. The zero-order valence-electron chi connectivity index (χ0n) is 11.6. The molecule has 0 amide bonds. The number of carboxylic acid groups (broad SMARTS) is 1. The summed E-state index contributed by atoms with van der Waals surface area (Å²) in [6.45, 7) is 0.442. The third-order valence-corrected chi connectivity index (χ3v) is 3.49. The molecule has 4 nitrogen and oxygen atoms in total. The second-order valence-electron chi connectivity index (χ2n) is 5.27. The van der Waals surface area contributed by atoms with Crippen LogP contribution in [0.1, 0.15) is 23.2 Å². The van der Waals surface area contributed by atoms with Crippen molar-refractivity contribution in [3.8, 4) is 17.0 Å². The van der Waals surface area contributed by atoms with E-state index in [9.17, 15) is 18.7 Å². The number of rotatable bonds is 5. The third-order valence-electron chi connectivity index (χ3n) is 3.49. The first-order valence-corrected chi connectivity index (χ1v) is 6.86. The predicted molar refractivity (Wildman–Crippen MR) is 74.8 cm³/mol. The maximum absolute atomic E-state index is 13.3. The molecule has 0 unspecified atom stereocenters. The van der Waals surface area contributed by atoms with E-state index in [0.717, 1.165) is 25.0 Å². The molecular formula is C16H13F2NO3. The second kappa shape index (κ2) is 5.71. The van der Waals surface area contributed by atoms with Crippen LogP contribution < -0.4 is 4.74 Å². The highest BCUT2D eigenvalue weighted by molar-refractivity contribution is 5.91. The number of pyridine rings is 1. The van der Waals surface area contributed by atoms with Crippen molar-refractivity contribution in [2.75, 3.05) is 6.61 Å². The van der Waals surface area contributed by atoms with Crippen LogP contribution in [-0.2, 0) is 0 Å². The largest absolute Gasteiger partial charge is 0.477 e. The average Bonchev–Trinajstić information content (AvgIpc) is 3.32. The van der Waals surface area contributed by atoms with Crippen LogP contribution in [0.3, 0.4) is 0 Å². The summed E-state index contributed by atoms with van der Waals surface area (Å²) < 4.78 is 31.7. The van der Waals surface area contributed by atoms with Crippen LogP contribution in [0.2, 0.25) is 0 Å². The molecule has 0 aliphatic heterocycles. The zero-order valence-corrected chi connectivity index (χ0v) is 11.6. The molecule has 1 N–H and O–H groups in total. The Morgan fingerprint density at radius 1 is 1.23 bits per heavy atom. The van der Waals surface area contributed by atoms with Crippen molar-refractivity contribution in [1.29, 1.82) is 0 Å². The number of hydrogen-bond donors (Lipinski definition) is 1. The van der Waals surface area contributed by atoms with E-state index in [-0.39, 0.29) is 11.4 Å². The van der Waals surface area contributed by atoms with Gasteiger partial charge in [-0.1, -0.05) is 6.07 Å². The number of hydrogen-bond acceptors (Lipinski definition) is 3. The fourth-order valence-corrected chi connectivity index (χ4v) is 2.04. The molecule has 1 aliphatic carbocycles. The summed E-state index contributed by atoms with van der Waals surface area (Å²) in [4.78, 5) is 15.3. The van der Waals surface area contributed by atoms with Crippen LogP contribution in [0.5, 0.6) is 5.88 Å². The Kier molecular flexibility index (Phi) is 3.75. The number of ether oxygens (including phenoxy) is 1. The molecule has 1 fully saturated rings. The van der Waals surface area contributed by atoms with Crippen molar-refractivity contribution in [1.82, 2.24) is 4.98 Å². The van der Waals surface area contributed by atoms with E-state index in [2.05, 4.69) is 4.98 Å². The molecule has 0 bridgehead atoms. The van der Waals surface area contributed by atoms with Gasteiger partial charge in [-0.2, -0.15) is 0 Å². The molecule has 114 valence electrons. The van der Waals surface area contributed by atoms with E-state index in [1.165, 1.54) is 18.3 Å². The van der Waals surface area contributed by atoms with Crippen LogP contribution in [0, 0.1) is 17.6 Å². The van der Waals surface area contributed by atoms with Gasteiger partial charge in [0.15, 0.2) is 11.6 Å². The number of aromatic carboxylic acids is 1. The van der Waals surface area contributed by atoms with Crippen LogP contribution in [-0.4, -0.2) is 22.7 Å². The van der Waals surface area contributed by atoms with Crippen LogP contribution in [0.4, 0.5) is 8.78 Å². The van der Waals surface area contributed by atoms with Gasteiger partial charge in [0, 0.05) is 11.8 Å². The topological polar surface area (TPSA) is 59.4 Å². The second-order valence-corrected chi connectivity index (χ2v) is 5.27. The summed E-state index contributed by atoms with van der Waals surface area (Å²) in [5.41, 5.74) is 0.639. The van der Waals surface area contributed by atoms with Crippen molar-refractivity contribution in [2.24, 2.45) is 5.92 Å². The van der Waals surface area contributed by atoms with Gasteiger partial charge in [-0.15, -0.1) is 0 Å². The summed E-state index contributed by atoms with van der Waals surface area (Å²) in [5.74, 6) is -2.62. The van der Waals surface area contributed by atoms with E-state index in [1.807, 2.05) is 0 Å². The molecule has 0 atom stereocenters. The first kappa shape index (κ1) is 14.4. The zero-order chi connectivity index (χ0) is 15.7. The lowest BCUT2D eigenvalue weighted by Crippen LogP contribution is -2.07. The number of aromatic nitrogens is 1. The standard InChI is InChI=1S/C16H13F2NO3/c17-13-4-3-10(6-14(13)18)11-5-12(16(20)21)15(19-7-11)22-8-9-1-2-9/h3-7,9H,1-2,8H2,(H,20,21). The van der Waals surface area contributed by atoms with Crippen molar-refractivity contribution in [3.63, 3.8) is 0 Å². The van der Waals surface area contributed by atoms with E-state index >= 15 is 0 Å². The van der Waals surface area contributed by atoms with E-state index in [4.69, 9.17) is 4.74 Å². The molecule has 1 saturated carbocycles. The first-order valence-electron chi connectivity index (χ1n) is 6.86. The first-order chi connectivity index (χ1) is 10.5. The van der Waals surface area contributed by atoms with Crippen molar-refractivity contribution >= 4 is 5.97 Å². The predicted octanol–water partition coefficient (Wildman–Crippen LogP) is 3.51. The maximum atomic E-state index is 13.3. The number of benzene rings is 1. The average molecular weight is 305 g/mol. The molecular weight excluding hydrogens is 292 g/mol. The molecule has 0 spiro atoms. The maximum Gasteiger partial charge on any atom is 0.341 e. The van der Waals surface area contributed by atoms with Crippen molar-refractivity contribution in [2.45, 2.75) is 12.8 Å². The fraction of sp³-hybridized carbons (Fsp3) is 0.250. The number of halogens is 2. The molecule has 6 heteroatoms. The van der Waals surface area contributed by atoms with Gasteiger partial charge in [0.05, 0.1) is 6.61 Å². The molecule has 1 aromatic heterocycles. The Morgan fingerprint density at radius 2 is 2.00 bits per heavy atom. The third kappa shape index (κ3) is 3.05. The fourth-order valence-electron chi connectivity index (χ4n) is 2.04. The van der Waals surface area contributed by atoms with Crippen molar-refractivity contribution in [3.05, 3.63) is 47.7 Å². The number of carbonyl (C=O) groups is 1. The lowest BCUT2D eigenvalue weighted by molar-refractivity contribution is 0.0691. The molecule has 3 rings (SSSR count). The van der Waals surface area contributed by atoms with Gasteiger partial charge < -0.3 is 9.84 Å². The molecule has 0 radical (unpaired) electrons. The van der Waals surface area contributed by atoms with Crippen LogP contribution >= 0.6 is 0 Å². The highest BCUT2D eigenvalue weighted by Gasteiger charge is 2.24. The smallest absolute Gasteiger partial charge is 0.341 e. The Morgan fingerprint density at radius 3 is 2.64 bits per heavy atom. The quantitative estimate of drug-likeness (QED) is 0.918. The van der Waals surface area contributed by atoms with Gasteiger partial charge in [-0.3, -0.25) is 0 Å². The van der Waals surface area contributed by atoms with Gasteiger partial charge in [0.2, 0.25) is 5.88 Å². The van der Waals surface area contributed by atoms with Gasteiger partial charge in [0.25, 0.3) is 0 Å². The summed E-state index contributed by atoms with van der Waals surface area (Å²) in [6, 6.07) is 4.71. The number of nitrogens with zero attached hydrogens (tertiary/aromatic N) is 1. The van der Waals surface area contributed by atoms with E-state index in [1.54, 1.807) is 0 Å². The van der Waals surface area contributed by atoms with E-state index in [0.29, 0.717) is 23.7 Å². The Hall–Kier alpha value is -2.50. The summed E-state index contributed by atoms with van der Waals surface area (Å²) in [6.07, 6.45) is 3.55. The minimum absolute atomic E-state index is 0.0470. The van der Waals surface area contributed by atoms with Gasteiger partial charge in [-0.05, 0) is 42.5 Å². The van der Waals surface area contributed by atoms with Crippen molar-refractivity contribution < 1.29 is 23.4 Å². The summed E-state index contributed by atoms with van der Waals surface area (Å²) >= 11 is 0. The Balaban J connectivity index is 1.93. The SMILES string of the molecule is O=C(O)c1cc(-c2ccc(F)c(F)c2)cnc1OCC1CC1.